The summed E-state index contributed by atoms with van der Waals surface area (Å²) in [5.74, 6) is -0.751. The number of H-pyrrole nitrogens is 1. The van der Waals surface area contributed by atoms with Gasteiger partial charge in [-0.3, -0.25) is 9.59 Å². The topological polar surface area (TPSA) is 102 Å². The number of benzene rings is 1. The number of Topliss-reactive ketones (excluding diaryl/α,β-unsaturated/α-hetero) is 1. The van der Waals surface area contributed by atoms with Gasteiger partial charge in [0.1, 0.15) is 17.3 Å². The monoisotopic (exact) mass is 530 g/mol. The van der Waals surface area contributed by atoms with Crippen molar-refractivity contribution in [2.75, 3.05) is 0 Å². The molecule has 208 valence electrons. The zero-order valence-electron chi connectivity index (χ0n) is 23.7. The van der Waals surface area contributed by atoms with E-state index < -0.39 is 17.6 Å². The number of amides is 1. The Morgan fingerprint density at radius 3 is 2.56 bits per heavy atom. The number of aliphatic hydroxyl groups is 2. The standard InChI is InChI=1S/C33H42N2O4/c1-18-9-8-11-25-21(4)20(3)22(5)30-27(16-23-17-34-26-12-7-6-10-24(23)26)35-32(39)33(25,30)29(37)14-13-28(36)31(38)19(2)15-18/h6-8,10-12,15,17-18,21,25,27-28,30-31,34,36,38H,9,13-14,16H2,1-5H3,(H,35,39). The zero-order chi connectivity index (χ0) is 28.1. The summed E-state index contributed by atoms with van der Waals surface area (Å²) in [7, 11) is 0. The van der Waals surface area contributed by atoms with Crippen molar-refractivity contribution in [2.45, 2.75) is 78.6 Å². The van der Waals surface area contributed by atoms with Gasteiger partial charge in [-0.15, -0.1) is 0 Å². The first-order valence-corrected chi connectivity index (χ1v) is 14.3. The fraction of sp³-hybridized carbons (Fsp3) is 0.515. The third-order valence-corrected chi connectivity index (χ3v) is 9.89. The van der Waals surface area contributed by atoms with Crippen molar-refractivity contribution in [2.24, 2.45) is 29.1 Å². The highest BCUT2D eigenvalue weighted by atomic mass is 16.3. The predicted molar refractivity (Wildman–Crippen MR) is 154 cm³/mol. The van der Waals surface area contributed by atoms with Gasteiger partial charge in [-0.05, 0) is 69.1 Å². The van der Waals surface area contributed by atoms with Crippen molar-refractivity contribution >= 4 is 22.6 Å². The van der Waals surface area contributed by atoms with E-state index >= 15 is 0 Å². The summed E-state index contributed by atoms with van der Waals surface area (Å²) in [6.45, 7) is 10.3. The number of ketones is 1. The molecule has 2 aromatic rings. The lowest BCUT2D eigenvalue weighted by atomic mass is 9.52. The number of nitrogens with one attached hydrogen (secondary N) is 2. The van der Waals surface area contributed by atoms with Crippen LogP contribution in [-0.2, 0) is 16.0 Å². The van der Waals surface area contributed by atoms with E-state index in [1.165, 1.54) is 5.57 Å². The van der Waals surface area contributed by atoms with Crippen molar-refractivity contribution in [3.05, 3.63) is 71.0 Å². The van der Waals surface area contributed by atoms with E-state index in [0.717, 1.165) is 28.5 Å². The van der Waals surface area contributed by atoms with Crippen molar-refractivity contribution in [3.8, 4) is 0 Å². The lowest BCUT2D eigenvalue weighted by Gasteiger charge is -2.47. The average Bonchev–Trinajstić information content (AvgIpc) is 3.45. The minimum atomic E-state index is -1.25. The molecule has 0 radical (unpaired) electrons. The Labute approximate surface area is 231 Å². The van der Waals surface area contributed by atoms with Crippen molar-refractivity contribution in [3.63, 3.8) is 0 Å². The number of hydrogen-bond acceptors (Lipinski definition) is 4. The minimum Gasteiger partial charge on any atom is -0.390 e. The summed E-state index contributed by atoms with van der Waals surface area (Å²) in [5, 5.41) is 25.9. The normalized spacial score (nSPS) is 36.0. The molecule has 0 saturated carbocycles. The van der Waals surface area contributed by atoms with Crippen LogP contribution >= 0.6 is 0 Å². The maximum Gasteiger partial charge on any atom is 0.235 e. The lowest BCUT2D eigenvalue weighted by Crippen LogP contribution is -2.53. The predicted octanol–water partition coefficient (Wildman–Crippen LogP) is 5.03. The number of allylic oxidation sites excluding steroid dienone is 4. The van der Waals surface area contributed by atoms with E-state index in [-0.39, 0.29) is 54.2 Å². The Morgan fingerprint density at radius 2 is 1.79 bits per heavy atom. The molecule has 5 rings (SSSR count). The molecule has 1 aromatic heterocycles. The second-order valence-electron chi connectivity index (χ2n) is 12.2. The molecule has 2 aliphatic carbocycles. The maximum absolute atomic E-state index is 14.4. The number of aromatic nitrogens is 1. The number of aromatic amines is 1. The van der Waals surface area contributed by atoms with Gasteiger partial charge in [0.05, 0.1) is 6.10 Å². The van der Waals surface area contributed by atoms with Crippen molar-refractivity contribution < 1.29 is 19.8 Å². The fourth-order valence-electron chi connectivity index (χ4n) is 7.61. The van der Waals surface area contributed by atoms with Gasteiger partial charge in [0.15, 0.2) is 0 Å². The molecule has 8 atom stereocenters. The molecule has 6 heteroatoms. The van der Waals surface area contributed by atoms with E-state index in [2.05, 4.69) is 56.2 Å². The molecule has 1 aliphatic heterocycles. The molecule has 8 unspecified atom stereocenters. The Hall–Kier alpha value is -2.96. The van der Waals surface area contributed by atoms with Gasteiger partial charge in [-0.2, -0.15) is 0 Å². The molecule has 6 nitrogen and oxygen atoms in total. The lowest BCUT2D eigenvalue weighted by molar-refractivity contribution is -0.146. The maximum atomic E-state index is 14.4. The first kappa shape index (κ1) is 27.6. The van der Waals surface area contributed by atoms with Gasteiger partial charge in [0.25, 0.3) is 0 Å². The van der Waals surface area contributed by atoms with Crippen LogP contribution in [0, 0.1) is 29.1 Å². The summed E-state index contributed by atoms with van der Waals surface area (Å²) in [6.07, 6.45) is 7.62. The van der Waals surface area contributed by atoms with Crippen molar-refractivity contribution in [1.82, 2.24) is 10.3 Å². The second kappa shape index (κ2) is 10.5. The summed E-state index contributed by atoms with van der Waals surface area (Å²) < 4.78 is 0. The molecule has 1 aromatic carbocycles. The summed E-state index contributed by atoms with van der Waals surface area (Å²) in [4.78, 5) is 31.9. The highest BCUT2D eigenvalue weighted by Crippen LogP contribution is 2.57. The third-order valence-electron chi connectivity index (χ3n) is 9.89. The highest BCUT2D eigenvalue weighted by Gasteiger charge is 2.65. The molecule has 4 N–H and O–H groups in total. The van der Waals surface area contributed by atoms with E-state index in [0.29, 0.717) is 12.0 Å². The summed E-state index contributed by atoms with van der Waals surface area (Å²) in [5.41, 5.74) is 3.98. The molecule has 1 fully saturated rings. The smallest absolute Gasteiger partial charge is 0.235 e. The van der Waals surface area contributed by atoms with Gasteiger partial charge in [-0.1, -0.05) is 61.4 Å². The van der Waals surface area contributed by atoms with E-state index in [4.69, 9.17) is 0 Å². The van der Waals surface area contributed by atoms with Crippen LogP contribution in [0.2, 0.25) is 0 Å². The van der Waals surface area contributed by atoms with E-state index in [1.54, 1.807) is 0 Å². The number of fused-ring (bicyclic) bond motifs is 1. The number of aliphatic hydroxyl groups excluding tert-OH is 2. The van der Waals surface area contributed by atoms with Crippen LogP contribution in [-0.4, -0.2) is 45.1 Å². The number of para-hydroxylation sites is 1. The van der Waals surface area contributed by atoms with Gasteiger partial charge < -0.3 is 20.5 Å². The van der Waals surface area contributed by atoms with E-state index in [9.17, 15) is 19.8 Å². The van der Waals surface area contributed by atoms with Gasteiger partial charge in [0.2, 0.25) is 5.91 Å². The van der Waals surface area contributed by atoms with Crippen LogP contribution in [0.5, 0.6) is 0 Å². The zero-order valence-corrected chi connectivity index (χ0v) is 23.7. The van der Waals surface area contributed by atoms with Crippen LogP contribution < -0.4 is 5.32 Å². The highest BCUT2D eigenvalue weighted by molar-refractivity contribution is 6.09. The SMILES string of the molecule is CC1=CC(C)CC=CC2C(C)C(C)=C(C)C3C(Cc4c[nH]c5ccccc45)NC(=O)C23C(=O)CCC(O)C1O. The Bertz CT molecular complexity index is 1370. The van der Waals surface area contributed by atoms with Gasteiger partial charge in [-0.25, -0.2) is 0 Å². The van der Waals surface area contributed by atoms with Crippen molar-refractivity contribution in [1.29, 1.82) is 0 Å². The Kier molecular flexibility index (Phi) is 7.47. The molecule has 0 bridgehead atoms. The molecule has 1 amide bonds. The molecular formula is C33H42N2O4. The molecular weight excluding hydrogens is 488 g/mol. The Balaban J connectivity index is 1.61. The van der Waals surface area contributed by atoms with Crippen LogP contribution in [0.4, 0.5) is 0 Å². The first-order valence-electron chi connectivity index (χ1n) is 14.3. The third kappa shape index (κ3) is 4.52. The largest absolute Gasteiger partial charge is 0.390 e. The number of rotatable bonds is 2. The minimum absolute atomic E-state index is 0.0206. The summed E-state index contributed by atoms with van der Waals surface area (Å²) >= 11 is 0. The summed E-state index contributed by atoms with van der Waals surface area (Å²) in [6, 6.07) is 7.92. The number of hydrogen-bond donors (Lipinski definition) is 4. The fourth-order valence-corrected chi connectivity index (χ4v) is 7.61. The second-order valence-corrected chi connectivity index (χ2v) is 12.2. The van der Waals surface area contributed by atoms with Crippen LogP contribution in [0.3, 0.4) is 0 Å². The number of carbonyl (C=O) groups excluding carboxylic acids is 2. The number of carbonyl (C=O) groups is 2. The Morgan fingerprint density at radius 1 is 1.05 bits per heavy atom. The van der Waals surface area contributed by atoms with Crippen LogP contribution in [0.1, 0.15) is 59.4 Å². The first-order chi connectivity index (χ1) is 18.6. The molecule has 1 spiro atoms. The average molecular weight is 531 g/mol. The van der Waals surface area contributed by atoms with Gasteiger partial charge >= 0.3 is 0 Å². The quantitative estimate of drug-likeness (QED) is 0.323. The molecule has 3 aliphatic rings. The van der Waals surface area contributed by atoms with Gasteiger partial charge in [0, 0.05) is 41.4 Å². The molecule has 1 saturated heterocycles. The van der Waals surface area contributed by atoms with Crippen LogP contribution in [0.15, 0.2) is 65.4 Å². The molecule has 2 heterocycles. The van der Waals surface area contributed by atoms with E-state index in [1.807, 2.05) is 37.4 Å². The van der Waals surface area contributed by atoms with Crippen LogP contribution in [0.25, 0.3) is 10.9 Å². The molecule has 39 heavy (non-hydrogen) atoms.